The number of halogens is 1. The van der Waals surface area contributed by atoms with E-state index in [0.717, 1.165) is 24.8 Å². The van der Waals surface area contributed by atoms with Crippen LogP contribution in [0.25, 0.3) is 0 Å². The second-order valence-electron chi connectivity index (χ2n) is 5.21. The molecule has 0 aliphatic heterocycles. The van der Waals surface area contributed by atoms with Crippen molar-refractivity contribution in [1.82, 2.24) is 4.72 Å². The Morgan fingerprint density at radius 2 is 1.90 bits per heavy atom. The summed E-state index contributed by atoms with van der Waals surface area (Å²) in [6.07, 6.45) is 3.55. The maximum Gasteiger partial charge on any atom is 0.212 e. The molecule has 1 aliphatic carbocycles. The monoisotopic (exact) mass is 318 g/mol. The number of aryl methyl sites for hydroxylation is 1. The number of benzene rings is 1. The van der Waals surface area contributed by atoms with Crippen LogP contribution in [0.2, 0.25) is 0 Å². The highest BCUT2D eigenvalue weighted by Crippen LogP contribution is 2.25. The van der Waals surface area contributed by atoms with Crippen LogP contribution in [0, 0.1) is 5.92 Å². The zero-order chi connectivity index (χ0) is 13.7. The summed E-state index contributed by atoms with van der Waals surface area (Å²) >= 11 is 0. The van der Waals surface area contributed by atoms with Crippen LogP contribution in [0.3, 0.4) is 0 Å². The van der Waals surface area contributed by atoms with Crippen LogP contribution >= 0.6 is 12.4 Å². The van der Waals surface area contributed by atoms with Crippen LogP contribution < -0.4 is 10.5 Å². The first-order chi connectivity index (χ1) is 9.11. The Hall–Kier alpha value is -0.620. The third kappa shape index (κ3) is 5.05. The van der Waals surface area contributed by atoms with Gasteiger partial charge in [0.15, 0.2) is 0 Å². The fraction of sp³-hybridized carbons (Fsp3) is 0.571. The van der Waals surface area contributed by atoms with Gasteiger partial charge in [-0.2, -0.15) is 0 Å². The minimum absolute atomic E-state index is 0. The number of hydrogen-bond donors (Lipinski definition) is 2. The first-order valence-corrected chi connectivity index (χ1v) is 8.50. The molecular weight excluding hydrogens is 296 g/mol. The van der Waals surface area contributed by atoms with E-state index in [-0.39, 0.29) is 24.2 Å². The summed E-state index contributed by atoms with van der Waals surface area (Å²) in [5.74, 6) is 0.441. The van der Waals surface area contributed by atoms with Gasteiger partial charge in [-0.3, -0.25) is 0 Å². The van der Waals surface area contributed by atoms with E-state index in [2.05, 4.69) is 4.72 Å². The second kappa shape index (κ2) is 7.98. The highest BCUT2D eigenvalue weighted by atomic mass is 35.5. The molecule has 2 atom stereocenters. The van der Waals surface area contributed by atoms with Gasteiger partial charge in [-0.25, -0.2) is 13.1 Å². The molecule has 2 rings (SSSR count). The van der Waals surface area contributed by atoms with Gasteiger partial charge in [0.25, 0.3) is 0 Å². The molecule has 0 radical (unpaired) electrons. The summed E-state index contributed by atoms with van der Waals surface area (Å²) < 4.78 is 27.0. The number of hydrogen-bond acceptors (Lipinski definition) is 3. The minimum Gasteiger partial charge on any atom is -0.330 e. The SMILES string of the molecule is Cl.NCC1CCCC1NS(=O)(=O)CCc1ccccc1. The van der Waals surface area contributed by atoms with Crippen LogP contribution in [0.5, 0.6) is 0 Å². The molecule has 0 amide bonds. The van der Waals surface area contributed by atoms with Crippen molar-refractivity contribution >= 4 is 22.4 Å². The van der Waals surface area contributed by atoms with Gasteiger partial charge in [-0.05, 0) is 37.3 Å². The zero-order valence-corrected chi connectivity index (χ0v) is 13.1. The van der Waals surface area contributed by atoms with Crippen LogP contribution in [0.4, 0.5) is 0 Å². The molecule has 2 unspecified atom stereocenters. The van der Waals surface area contributed by atoms with E-state index < -0.39 is 10.0 Å². The molecule has 1 aliphatic rings. The fourth-order valence-electron chi connectivity index (χ4n) is 2.66. The molecule has 6 heteroatoms. The Labute approximate surface area is 127 Å². The van der Waals surface area contributed by atoms with Crippen molar-refractivity contribution in [1.29, 1.82) is 0 Å². The van der Waals surface area contributed by atoms with Gasteiger partial charge in [-0.15, -0.1) is 12.4 Å². The molecule has 1 fully saturated rings. The van der Waals surface area contributed by atoms with Crippen molar-refractivity contribution in [2.24, 2.45) is 11.7 Å². The third-order valence-corrected chi connectivity index (χ3v) is 5.20. The van der Waals surface area contributed by atoms with Gasteiger partial charge < -0.3 is 5.73 Å². The van der Waals surface area contributed by atoms with Crippen LogP contribution in [-0.4, -0.2) is 26.8 Å². The van der Waals surface area contributed by atoms with Crippen molar-refractivity contribution in [2.45, 2.75) is 31.7 Å². The molecule has 0 bridgehead atoms. The highest BCUT2D eigenvalue weighted by molar-refractivity contribution is 7.89. The average molecular weight is 319 g/mol. The van der Waals surface area contributed by atoms with E-state index in [9.17, 15) is 8.42 Å². The van der Waals surface area contributed by atoms with Crippen molar-refractivity contribution in [3.05, 3.63) is 35.9 Å². The molecule has 0 saturated heterocycles. The molecule has 1 saturated carbocycles. The second-order valence-corrected chi connectivity index (χ2v) is 7.08. The molecular formula is C14H23ClN2O2S. The van der Waals surface area contributed by atoms with Crippen molar-refractivity contribution < 1.29 is 8.42 Å². The Balaban J connectivity index is 0.00000200. The Kier molecular flexibility index (Phi) is 6.95. The highest BCUT2D eigenvalue weighted by Gasteiger charge is 2.29. The van der Waals surface area contributed by atoms with Gasteiger partial charge >= 0.3 is 0 Å². The van der Waals surface area contributed by atoms with E-state index >= 15 is 0 Å². The van der Waals surface area contributed by atoms with Crippen molar-refractivity contribution in [3.63, 3.8) is 0 Å². The average Bonchev–Trinajstić information content (AvgIpc) is 2.84. The summed E-state index contributed by atoms with van der Waals surface area (Å²) in [6, 6.07) is 9.72. The molecule has 1 aromatic carbocycles. The number of nitrogens with one attached hydrogen (secondary N) is 1. The van der Waals surface area contributed by atoms with Crippen LogP contribution in [0.1, 0.15) is 24.8 Å². The summed E-state index contributed by atoms with van der Waals surface area (Å²) in [4.78, 5) is 0. The fourth-order valence-corrected chi connectivity index (χ4v) is 4.05. The smallest absolute Gasteiger partial charge is 0.212 e. The van der Waals surface area contributed by atoms with Gasteiger partial charge in [0.05, 0.1) is 5.75 Å². The zero-order valence-electron chi connectivity index (χ0n) is 11.5. The Bertz CT molecular complexity index is 493. The first kappa shape index (κ1) is 17.4. The van der Waals surface area contributed by atoms with Crippen molar-refractivity contribution in [3.8, 4) is 0 Å². The van der Waals surface area contributed by atoms with Crippen molar-refractivity contribution in [2.75, 3.05) is 12.3 Å². The predicted octanol–water partition coefficient (Wildman–Crippen LogP) is 1.70. The van der Waals surface area contributed by atoms with Gasteiger partial charge in [0.1, 0.15) is 0 Å². The van der Waals surface area contributed by atoms with E-state index in [1.807, 2.05) is 30.3 Å². The van der Waals surface area contributed by atoms with Crippen LogP contribution in [0.15, 0.2) is 30.3 Å². The maximum absolute atomic E-state index is 12.1. The number of nitrogens with two attached hydrogens (primary N) is 1. The van der Waals surface area contributed by atoms with Crippen LogP contribution in [-0.2, 0) is 16.4 Å². The lowest BCUT2D eigenvalue weighted by molar-refractivity contribution is 0.453. The molecule has 4 nitrogen and oxygen atoms in total. The summed E-state index contributed by atoms with van der Waals surface area (Å²) in [5.41, 5.74) is 6.72. The van der Waals surface area contributed by atoms with Gasteiger partial charge in [0, 0.05) is 6.04 Å². The molecule has 3 N–H and O–H groups in total. The molecule has 20 heavy (non-hydrogen) atoms. The molecule has 114 valence electrons. The lowest BCUT2D eigenvalue weighted by Crippen LogP contribution is -2.41. The predicted molar refractivity (Wildman–Crippen MR) is 84.5 cm³/mol. The minimum atomic E-state index is -3.21. The molecule has 1 aromatic rings. The summed E-state index contributed by atoms with van der Waals surface area (Å²) in [6.45, 7) is 0.561. The number of rotatable bonds is 6. The van der Waals surface area contributed by atoms with Gasteiger partial charge in [0.2, 0.25) is 10.0 Å². The largest absolute Gasteiger partial charge is 0.330 e. The quantitative estimate of drug-likeness (QED) is 0.838. The topological polar surface area (TPSA) is 72.2 Å². The van der Waals surface area contributed by atoms with Gasteiger partial charge in [-0.1, -0.05) is 36.8 Å². The van der Waals surface area contributed by atoms with E-state index in [1.165, 1.54) is 0 Å². The number of sulfonamides is 1. The maximum atomic E-state index is 12.1. The Morgan fingerprint density at radius 3 is 2.55 bits per heavy atom. The summed E-state index contributed by atoms with van der Waals surface area (Å²) in [5, 5.41) is 0. The first-order valence-electron chi connectivity index (χ1n) is 6.85. The lowest BCUT2D eigenvalue weighted by atomic mass is 10.1. The van der Waals surface area contributed by atoms with E-state index in [4.69, 9.17) is 5.73 Å². The molecule has 0 spiro atoms. The third-order valence-electron chi connectivity index (χ3n) is 3.80. The van der Waals surface area contributed by atoms with E-state index in [0.29, 0.717) is 18.9 Å². The Morgan fingerprint density at radius 1 is 1.20 bits per heavy atom. The summed E-state index contributed by atoms with van der Waals surface area (Å²) in [7, 11) is -3.21. The molecule has 0 heterocycles. The molecule has 0 aromatic heterocycles. The standard InChI is InChI=1S/C14H22N2O2S.ClH/c15-11-13-7-4-8-14(13)16-19(17,18)10-9-12-5-2-1-3-6-12;/h1-3,5-6,13-14,16H,4,7-11,15H2;1H. The normalized spacial score (nSPS) is 22.4. The lowest BCUT2D eigenvalue weighted by Gasteiger charge is -2.19. The van der Waals surface area contributed by atoms with E-state index in [1.54, 1.807) is 0 Å².